The number of phenolic OH excluding ortho intramolecular Hbond substituents is 2. The van der Waals surface area contributed by atoms with Crippen molar-refractivity contribution < 1.29 is 29.3 Å². The van der Waals surface area contributed by atoms with E-state index in [0.717, 1.165) is 4.90 Å². The molecule has 1 aliphatic rings. The summed E-state index contributed by atoms with van der Waals surface area (Å²) in [5, 5.41) is 21.2. The van der Waals surface area contributed by atoms with Gasteiger partial charge in [0.2, 0.25) is 5.91 Å². The number of nitrogens with zero attached hydrogens (tertiary/aromatic N) is 1. The number of phenols is 2. The van der Waals surface area contributed by atoms with Gasteiger partial charge in [0.15, 0.2) is 11.5 Å². The van der Waals surface area contributed by atoms with Crippen LogP contribution in [0.1, 0.15) is 5.56 Å². The summed E-state index contributed by atoms with van der Waals surface area (Å²) >= 11 is 6.69. The zero-order valence-corrected chi connectivity index (χ0v) is 16.6. The lowest BCUT2D eigenvalue weighted by Gasteiger charge is -2.13. The third-order valence-corrected chi connectivity index (χ3v) is 5.11. The number of aromatic hydroxyl groups is 2. The smallest absolute Gasteiger partial charge is 0.294 e. The fourth-order valence-corrected chi connectivity index (χ4v) is 3.60. The summed E-state index contributed by atoms with van der Waals surface area (Å²) in [6.07, 6.45) is 1.39. The van der Waals surface area contributed by atoms with Crippen LogP contribution < -0.4 is 10.1 Å². The van der Waals surface area contributed by atoms with Gasteiger partial charge < -0.3 is 20.3 Å². The lowest BCUT2D eigenvalue weighted by atomic mass is 10.2. The van der Waals surface area contributed by atoms with Gasteiger partial charge in [-0.25, -0.2) is 0 Å². The molecule has 10 heteroatoms. The molecule has 2 aromatic carbocycles. The molecule has 2 aromatic rings. The first-order valence-corrected chi connectivity index (χ1v) is 9.38. The Bertz CT molecular complexity index is 1040. The summed E-state index contributed by atoms with van der Waals surface area (Å²) in [7, 11) is 1.46. The van der Waals surface area contributed by atoms with Gasteiger partial charge in [0.05, 0.1) is 17.0 Å². The predicted molar refractivity (Wildman–Crippen MR) is 109 cm³/mol. The second kappa shape index (κ2) is 8.46. The number of halogens is 1. The molecule has 8 nitrogen and oxygen atoms in total. The zero-order valence-electron chi connectivity index (χ0n) is 15.0. The fourth-order valence-electron chi connectivity index (χ4n) is 2.51. The Labute approximate surface area is 174 Å². The molecule has 1 fully saturated rings. The van der Waals surface area contributed by atoms with Gasteiger partial charge in [-0.05, 0) is 53.7 Å². The molecule has 3 N–H and O–H groups in total. The molecule has 0 atom stereocenters. The van der Waals surface area contributed by atoms with E-state index < -0.39 is 23.6 Å². The zero-order chi connectivity index (χ0) is 21.1. The summed E-state index contributed by atoms with van der Waals surface area (Å²) in [6, 6.07) is 8.64. The first-order chi connectivity index (χ1) is 13.8. The topological polar surface area (TPSA) is 116 Å². The molecule has 0 aromatic heterocycles. The molecule has 0 spiro atoms. The highest BCUT2D eigenvalue weighted by Crippen LogP contribution is 2.34. The van der Waals surface area contributed by atoms with E-state index in [9.17, 15) is 24.6 Å². The third-order valence-electron chi connectivity index (χ3n) is 3.91. The van der Waals surface area contributed by atoms with E-state index in [4.69, 9.17) is 16.3 Å². The molecule has 0 aliphatic carbocycles. The molecule has 1 aliphatic heterocycles. The Morgan fingerprint density at radius 1 is 1.21 bits per heavy atom. The number of nitrogens with one attached hydrogen (secondary N) is 1. The highest BCUT2D eigenvalue weighted by atomic mass is 35.5. The lowest BCUT2D eigenvalue weighted by Crippen LogP contribution is -2.36. The molecule has 3 rings (SSSR count). The number of rotatable bonds is 5. The number of thioether (sulfide) groups is 1. The van der Waals surface area contributed by atoms with Crippen LogP contribution in [0.5, 0.6) is 17.2 Å². The third kappa shape index (κ3) is 4.64. The van der Waals surface area contributed by atoms with Gasteiger partial charge in [-0.2, -0.15) is 0 Å². The molecule has 29 heavy (non-hydrogen) atoms. The van der Waals surface area contributed by atoms with Crippen molar-refractivity contribution in [2.24, 2.45) is 0 Å². The molecule has 0 bridgehead atoms. The summed E-state index contributed by atoms with van der Waals surface area (Å²) < 4.78 is 5.03. The standard InChI is InChI=1S/C19H15ClN2O6S/c1-28-15-5-3-11(8-12(15)20)21-17(25)9-22-18(26)16(29-19(22)27)7-10-2-4-13(23)14(24)6-10/h2-8,23-24H,9H2,1H3,(H,21,25). The molecule has 150 valence electrons. The van der Waals surface area contributed by atoms with Crippen LogP contribution in [-0.4, -0.2) is 45.8 Å². The van der Waals surface area contributed by atoms with E-state index in [1.54, 1.807) is 12.1 Å². The van der Waals surface area contributed by atoms with Gasteiger partial charge >= 0.3 is 0 Å². The normalized spacial score (nSPS) is 15.1. The van der Waals surface area contributed by atoms with Crippen LogP contribution in [-0.2, 0) is 9.59 Å². The monoisotopic (exact) mass is 434 g/mol. The largest absolute Gasteiger partial charge is 0.504 e. The van der Waals surface area contributed by atoms with Gasteiger partial charge in [0.25, 0.3) is 11.1 Å². The van der Waals surface area contributed by atoms with Crippen molar-refractivity contribution in [2.75, 3.05) is 19.0 Å². The van der Waals surface area contributed by atoms with Gasteiger partial charge in [-0.3, -0.25) is 19.3 Å². The second-order valence-electron chi connectivity index (χ2n) is 5.91. The summed E-state index contributed by atoms with van der Waals surface area (Å²) in [4.78, 5) is 37.8. The minimum Gasteiger partial charge on any atom is -0.504 e. The number of methoxy groups -OCH3 is 1. The van der Waals surface area contributed by atoms with E-state index in [-0.39, 0.29) is 16.4 Å². The van der Waals surface area contributed by atoms with Gasteiger partial charge in [-0.15, -0.1) is 0 Å². The van der Waals surface area contributed by atoms with Crippen molar-refractivity contribution in [2.45, 2.75) is 0 Å². The molecule has 1 saturated heterocycles. The van der Waals surface area contributed by atoms with Crippen molar-refractivity contribution in [1.82, 2.24) is 4.90 Å². The SMILES string of the molecule is COc1ccc(NC(=O)CN2C(=O)SC(=Cc3ccc(O)c(O)c3)C2=O)cc1Cl. The number of carbonyl (C=O) groups is 3. The summed E-state index contributed by atoms with van der Waals surface area (Å²) in [6.45, 7) is -0.466. The van der Waals surface area contributed by atoms with Crippen molar-refractivity contribution in [1.29, 1.82) is 0 Å². The fraction of sp³-hybridized carbons (Fsp3) is 0.105. The number of ether oxygens (including phenoxy) is 1. The Hall–Kier alpha value is -3.17. The minimum absolute atomic E-state index is 0.0976. The van der Waals surface area contributed by atoms with Crippen LogP contribution in [0.2, 0.25) is 5.02 Å². The molecule has 0 saturated carbocycles. The van der Waals surface area contributed by atoms with Gasteiger partial charge in [0, 0.05) is 5.69 Å². The summed E-state index contributed by atoms with van der Waals surface area (Å²) in [5.41, 5.74) is 0.811. The molecule has 3 amide bonds. The van der Waals surface area contributed by atoms with E-state index in [1.165, 1.54) is 37.5 Å². The van der Waals surface area contributed by atoms with E-state index in [2.05, 4.69) is 5.32 Å². The van der Waals surface area contributed by atoms with Crippen LogP contribution in [0.3, 0.4) is 0 Å². The molecular weight excluding hydrogens is 420 g/mol. The number of anilines is 1. The van der Waals surface area contributed by atoms with E-state index >= 15 is 0 Å². The average molecular weight is 435 g/mol. The highest BCUT2D eigenvalue weighted by Gasteiger charge is 2.36. The van der Waals surface area contributed by atoms with Crippen molar-refractivity contribution >= 4 is 52.2 Å². The van der Waals surface area contributed by atoms with Crippen molar-refractivity contribution in [3.05, 3.63) is 51.9 Å². The Morgan fingerprint density at radius 2 is 1.97 bits per heavy atom. The summed E-state index contributed by atoms with van der Waals surface area (Å²) in [5.74, 6) is -1.41. The highest BCUT2D eigenvalue weighted by molar-refractivity contribution is 8.18. The predicted octanol–water partition coefficient (Wildman–Crippen LogP) is 3.43. The lowest BCUT2D eigenvalue weighted by molar-refractivity contribution is -0.127. The number of imide groups is 1. The maximum atomic E-state index is 12.5. The first-order valence-electron chi connectivity index (χ1n) is 8.19. The maximum absolute atomic E-state index is 12.5. The molecule has 0 radical (unpaired) electrons. The van der Waals surface area contributed by atoms with Crippen LogP contribution in [0, 0.1) is 0 Å². The second-order valence-corrected chi connectivity index (χ2v) is 7.31. The van der Waals surface area contributed by atoms with E-state index in [1.807, 2.05) is 0 Å². The minimum atomic E-state index is -0.629. The number of hydrogen-bond donors (Lipinski definition) is 3. The Kier molecular flexibility index (Phi) is 6.00. The van der Waals surface area contributed by atoms with Gasteiger partial charge in [0.1, 0.15) is 12.3 Å². The number of hydrogen-bond acceptors (Lipinski definition) is 7. The number of amides is 3. The van der Waals surface area contributed by atoms with Crippen LogP contribution >= 0.6 is 23.4 Å². The number of benzene rings is 2. The van der Waals surface area contributed by atoms with Crippen LogP contribution in [0.25, 0.3) is 6.08 Å². The van der Waals surface area contributed by atoms with Crippen molar-refractivity contribution in [3.8, 4) is 17.2 Å². The van der Waals surface area contributed by atoms with Crippen LogP contribution in [0.15, 0.2) is 41.3 Å². The number of carbonyl (C=O) groups excluding carboxylic acids is 3. The Morgan fingerprint density at radius 3 is 2.62 bits per heavy atom. The molecular formula is C19H15ClN2O6S. The Balaban J connectivity index is 1.69. The van der Waals surface area contributed by atoms with Crippen molar-refractivity contribution in [3.63, 3.8) is 0 Å². The molecule has 0 unspecified atom stereocenters. The average Bonchev–Trinajstić information content (AvgIpc) is 2.92. The van der Waals surface area contributed by atoms with E-state index in [0.29, 0.717) is 33.8 Å². The quantitative estimate of drug-likeness (QED) is 0.487. The van der Waals surface area contributed by atoms with Crippen LogP contribution in [0.4, 0.5) is 10.5 Å². The maximum Gasteiger partial charge on any atom is 0.294 e. The molecule has 1 heterocycles. The first kappa shape index (κ1) is 20.6. The van der Waals surface area contributed by atoms with Gasteiger partial charge in [-0.1, -0.05) is 17.7 Å².